The van der Waals surface area contributed by atoms with Gasteiger partial charge in [0.25, 0.3) is 0 Å². The van der Waals surface area contributed by atoms with Gasteiger partial charge in [0.05, 0.1) is 25.4 Å². The van der Waals surface area contributed by atoms with Crippen LogP contribution in [0.5, 0.6) is 0 Å². The minimum absolute atomic E-state index is 0.265. The Labute approximate surface area is 333 Å². The van der Waals surface area contributed by atoms with Crippen molar-refractivity contribution in [1.82, 2.24) is 5.32 Å². The smallest absolute Gasteiger partial charge is 0.394 e. The highest BCUT2D eigenvalue weighted by atomic mass is 32.3. The summed E-state index contributed by atoms with van der Waals surface area (Å²) in [6, 6.07) is -1.03. The molecule has 1 saturated heterocycles. The number of amides is 1. The van der Waals surface area contributed by atoms with Crippen LogP contribution in [-0.4, -0.2) is 107 Å². The maximum Gasteiger partial charge on any atom is 0.397 e. The Kier molecular flexibility index (Phi) is 31.2. The maximum absolute atomic E-state index is 13.1. The Morgan fingerprint density at radius 1 is 0.655 bits per heavy atom. The van der Waals surface area contributed by atoms with Crippen molar-refractivity contribution in [3.8, 4) is 0 Å². The number of nitrogens with one attached hydrogen (secondary N) is 1. The van der Waals surface area contributed by atoms with Crippen LogP contribution in [0.3, 0.4) is 0 Å². The van der Waals surface area contributed by atoms with Gasteiger partial charge in [0, 0.05) is 0 Å². The van der Waals surface area contributed by atoms with E-state index in [0.717, 1.165) is 38.5 Å². The lowest BCUT2D eigenvalue weighted by Crippen LogP contribution is -2.61. The lowest BCUT2D eigenvalue weighted by atomic mass is 9.99. The molecule has 8 unspecified atom stereocenters. The molecule has 1 rings (SSSR count). The van der Waals surface area contributed by atoms with Crippen LogP contribution >= 0.6 is 0 Å². The first-order chi connectivity index (χ1) is 26.4. The summed E-state index contributed by atoms with van der Waals surface area (Å²) in [5.41, 5.74) is 0. The molecule has 7 N–H and O–H groups in total. The first kappa shape index (κ1) is 52.1. The Bertz CT molecular complexity index is 1020. The highest BCUT2D eigenvalue weighted by molar-refractivity contribution is 7.80. The lowest BCUT2D eigenvalue weighted by Gasteiger charge is -2.41. The fraction of sp³-hybridized carbons (Fsp3) is 0.976. The standard InChI is InChI=1S/C41H81NO12S/c1-3-5-7-9-11-13-15-17-19-21-23-25-27-29-34(44)33(32-52-41-38(47)39(54-55(49,50)51)37(46)36(31-43)53-41)42-40(48)35(45)30-28-26-24-22-20-18-16-14-12-10-8-6-4-2/h33-39,41,43-47H,3-32H2,1-2H3,(H,42,48)(H,49,50,51). The van der Waals surface area contributed by atoms with Crippen LogP contribution in [0.4, 0.5) is 0 Å². The van der Waals surface area contributed by atoms with Crippen LogP contribution in [0.15, 0.2) is 0 Å². The zero-order valence-electron chi connectivity index (χ0n) is 34.4. The highest BCUT2D eigenvalue weighted by Gasteiger charge is 2.48. The maximum atomic E-state index is 13.1. The van der Waals surface area contributed by atoms with Crippen molar-refractivity contribution < 1.29 is 57.0 Å². The summed E-state index contributed by atoms with van der Waals surface area (Å²) in [4.78, 5) is 13.1. The van der Waals surface area contributed by atoms with Crippen LogP contribution in [0, 0.1) is 0 Å². The molecule has 1 aliphatic rings. The van der Waals surface area contributed by atoms with E-state index in [0.29, 0.717) is 19.3 Å². The van der Waals surface area contributed by atoms with E-state index in [1.807, 2.05) is 0 Å². The van der Waals surface area contributed by atoms with Crippen molar-refractivity contribution in [2.24, 2.45) is 0 Å². The second-order valence-electron chi connectivity index (χ2n) is 15.8. The van der Waals surface area contributed by atoms with E-state index in [4.69, 9.17) is 14.0 Å². The zero-order valence-corrected chi connectivity index (χ0v) is 35.2. The van der Waals surface area contributed by atoms with Crippen LogP contribution < -0.4 is 5.32 Å². The topological polar surface area (TPSA) is 212 Å². The third-order valence-corrected chi connectivity index (χ3v) is 11.2. The predicted octanol–water partition coefficient (Wildman–Crippen LogP) is 6.80. The summed E-state index contributed by atoms with van der Waals surface area (Å²) >= 11 is 0. The van der Waals surface area contributed by atoms with Crippen LogP contribution in [-0.2, 0) is 28.9 Å². The first-order valence-electron chi connectivity index (χ1n) is 22.0. The Morgan fingerprint density at radius 3 is 1.45 bits per heavy atom. The van der Waals surface area contributed by atoms with E-state index in [1.54, 1.807) is 0 Å². The van der Waals surface area contributed by atoms with Crippen LogP contribution in [0.1, 0.15) is 194 Å². The first-order valence-corrected chi connectivity index (χ1v) is 23.4. The molecule has 1 aliphatic heterocycles. The molecular weight excluding hydrogens is 731 g/mol. The number of unbranched alkanes of at least 4 members (excludes halogenated alkanes) is 24. The van der Waals surface area contributed by atoms with Crippen LogP contribution in [0.2, 0.25) is 0 Å². The van der Waals surface area contributed by atoms with Gasteiger partial charge in [-0.2, -0.15) is 8.42 Å². The fourth-order valence-electron chi connectivity index (χ4n) is 7.23. The SMILES string of the molecule is CCCCCCCCCCCCCCCC(O)C(=O)NC(COC1OC(CO)C(O)C(OS(=O)(=O)O)C1O)C(O)CCCCCCCCCCCCCCC. The molecule has 0 aromatic heterocycles. The fourth-order valence-corrected chi connectivity index (χ4v) is 7.74. The van der Waals surface area contributed by atoms with Crippen molar-refractivity contribution in [3.63, 3.8) is 0 Å². The normalized spacial score (nSPS) is 22.1. The van der Waals surface area contributed by atoms with E-state index in [1.165, 1.54) is 116 Å². The minimum Gasteiger partial charge on any atom is -0.394 e. The van der Waals surface area contributed by atoms with Gasteiger partial charge in [0.2, 0.25) is 5.91 Å². The largest absolute Gasteiger partial charge is 0.397 e. The van der Waals surface area contributed by atoms with Gasteiger partial charge in [-0.25, -0.2) is 4.18 Å². The molecule has 14 heteroatoms. The van der Waals surface area contributed by atoms with Crippen LogP contribution in [0.25, 0.3) is 0 Å². The van der Waals surface area contributed by atoms with Crippen molar-refractivity contribution in [2.75, 3.05) is 13.2 Å². The molecular formula is C41H81NO12S. The number of ether oxygens (including phenoxy) is 2. The number of aliphatic hydroxyl groups excluding tert-OH is 5. The highest BCUT2D eigenvalue weighted by Crippen LogP contribution is 2.26. The summed E-state index contributed by atoms with van der Waals surface area (Å²) in [5, 5.41) is 55.2. The number of hydrogen-bond acceptors (Lipinski definition) is 11. The quantitative estimate of drug-likeness (QED) is 0.0255. The summed E-state index contributed by atoms with van der Waals surface area (Å²) in [6.07, 6.45) is 20.0. The van der Waals surface area contributed by atoms with Gasteiger partial charge in [-0.05, 0) is 12.8 Å². The van der Waals surface area contributed by atoms with E-state index < -0.39 is 78.5 Å². The average Bonchev–Trinajstić information content (AvgIpc) is 3.15. The molecule has 8 atom stereocenters. The predicted molar refractivity (Wildman–Crippen MR) is 215 cm³/mol. The zero-order chi connectivity index (χ0) is 40.7. The molecule has 0 radical (unpaired) electrons. The van der Waals surface area contributed by atoms with Gasteiger partial charge in [0.15, 0.2) is 6.29 Å². The number of hydrogen-bond donors (Lipinski definition) is 7. The Hall–Kier alpha value is -0.940. The molecule has 13 nitrogen and oxygen atoms in total. The molecule has 328 valence electrons. The van der Waals surface area contributed by atoms with Crippen molar-refractivity contribution >= 4 is 16.3 Å². The van der Waals surface area contributed by atoms with E-state index >= 15 is 0 Å². The molecule has 1 fully saturated rings. The van der Waals surface area contributed by atoms with Crippen molar-refractivity contribution in [2.45, 2.75) is 243 Å². The summed E-state index contributed by atoms with van der Waals surface area (Å²) in [6.45, 7) is 3.26. The monoisotopic (exact) mass is 812 g/mol. The van der Waals surface area contributed by atoms with Gasteiger partial charge >= 0.3 is 10.4 Å². The lowest BCUT2D eigenvalue weighted by molar-refractivity contribution is -0.298. The molecule has 0 spiro atoms. The Balaban J connectivity index is 2.60. The number of carbonyl (C=O) groups excluding carboxylic acids is 1. The number of carbonyl (C=O) groups is 1. The minimum atomic E-state index is -5.10. The Morgan fingerprint density at radius 2 is 1.05 bits per heavy atom. The van der Waals surface area contributed by atoms with Gasteiger partial charge in [-0.15, -0.1) is 0 Å². The molecule has 55 heavy (non-hydrogen) atoms. The second kappa shape index (κ2) is 33.0. The number of aliphatic hydroxyl groups is 5. The molecule has 0 aromatic carbocycles. The molecule has 0 bridgehead atoms. The van der Waals surface area contributed by atoms with Gasteiger partial charge < -0.3 is 40.3 Å². The van der Waals surface area contributed by atoms with Gasteiger partial charge in [0.1, 0.15) is 30.5 Å². The third kappa shape index (κ3) is 25.9. The molecule has 0 aliphatic carbocycles. The van der Waals surface area contributed by atoms with Gasteiger partial charge in [-0.3, -0.25) is 9.35 Å². The number of rotatable bonds is 37. The third-order valence-electron chi connectivity index (χ3n) is 10.8. The molecule has 1 amide bonds. The van der Waals surface area contributed by atoms with E-state index in [2.05, 4.69) is 23.3 Å². The van der Waals surface area contributed by atoms with Gasteiger partial charge in [-0.1, -0.05) is 181 Å². The van der Waals surface area contributed by atoms with Crippen molar-refractivity contribution in [1.29, 1.82) is 0 Å². The average molecular weight is 812 g/mol. The summed E-state index contributed by atoms with van der Waals surface area (Å²) in [5.74, 6) is -0.668. The molecule has 0 saturated carbocycles. The summed E-state index contributed by atoms with van der Waals surface area (Å²) < 4.78 is 47.5. The van der Waals surface area contributed by atoms with Crippen molar-refractivity contribution in [3.05, 3.63) is 0 Å². The van der Waals surface area contributed by atoms with E-state index in [9.17, 15) is 38.7 Å². The molecule has 1 heterocycles. The molecule has 0 aromatic rings. The second-order valence-corrected chi connectivity index (χ2v) is 16.8. The van der Waals surface area contributed by atoms with E-state index in [-0.39, 0.29) is 6.42 Å². The summed E-state index contributed by atoms with van der Waals surface area (Å²) in [7, 11) is -5.10.